The smallest absolute Gasteiger partial charge is 0.119 e. The number of piperidine rings is 1. The number of hydrogen-bond donors (Lipinski definition) is 0. The molecule has 1 aromatic carbocycles. The molecule has 0 radical (unpaired) electrons. The highest BCUT2D eigenvalue weighted by molar-refractivity contribution is 5.45. The van der Waals surface area contributed by atoms with Crippen molar-refractivity contribution < 1.29 is 32.2 Å². The highest BCUT2D eigenvalue weighted by Crippen LogP contribution is 2.55. The molecule has 0 aromatic heterocycles. The van der Waals surface area contributed by atoms with Gasteiger partial charge in [0.05, 0.1) is 15.3 Å². The van der Waals surface area contributed by atoms with Gasteiger partial charge < -0.3 is 9.64 Å². The lowest BCUT2D eigenvalue weighted by molar-refractivity contribution is 0.00274. The second kappa shape index (κ2) is 4.49. The zero-order valence-electron chi connectivity index (χ0n) is 30.6. The van der Waals surface area contributed by atoms with Gasteiger partial charge in [-0.25, -0.2) is 0 Å². The van der Waals surface area contributed by atoms with E-state index < -0.39 is 104 Å². The molecule has 20 heavy (non-hydrogen) atoms. The normalized spacial score (nSPS) is 73.8. The zero-order chi connectivity index (χ0) is 31.5. The third-order valence-electron chi connectivity index (χ3n) is 3.67. The molecule has 1 aliphatic heterocycles. The summed E-state index contributed by atoms with van der Waals surface area (Å²) in [6, 6.07) is -6.58. The van der Waals surface area contributed by atoms with E-state index in [1.54, 1.807) is 0 Å². The number of nitrogens with zero attached hydrogens (tertiary/aromatic N) is 1. The molecule has 2 fully saturated rings. The molecule has 0 spiro atoms. The summed E-state index contributed by atoms with van der Waals surface area (Å²) in [6.07, 6.45) is -21.3. The summed E-state index contributed by atoms with van der Waals surface area (Å²) >= 11 is 0. The summed E-state index contributed by atoms with van der Waals surface area (Å²) in [5.41, 5.74) is -5.87. The fourth-order valence-corrected chi connectivity index (χ4v) is 2.70. The molecule has 1 heterocycles. The van der Waals surface area contributed by atoms with Gasteiger partial charge in [0.25, 0.3) is 0 Å². The monoisotopic (exact) mass is 291 g/mol. The van der Waals surface area contributed by atoms with Crippen LogP contribution in [0.25, 0.3) is 0 Å². The maximum absolute atomic E-state index is 9.53. The molecule has 2 bridgehead atoms. The van der Waals surface area contributed by atoms with Crippen LogP contribution in [-0.4, -0.2) is 31.5 Å². The van der Waals surface area contributed by atoms with Crippen LogP contribution < -0.4 is 4.74 Å². The van der Waals surface area contributed by atoms with E-state index in [9.17, 15) is 2.74 Å². The largest absolute Gasteiger partial charge is 0.497 e. The van der Waals surface area contributed by atoms with Gasteiger partial charge in [0.2, 0.25) is 0 Å². The van der Waals surface area contributed by atoms with Gasteiger partial charge in [-0.1, -0.05) is 18.8 Å². The zero-order valence-corrected chi connectivity index (χ0v) is 10.6. The average molecular weight is 292 g/mol. The maximum atomic E-state index is 9.53. The summed E-state index contributed by atoms with van der Waals surface area (Å²) in [5, 5.41) is 0. The van der Waals surface area contributed by atoms with E-state index in [1.807, 2.05) is 0 Å². The lowest BCUT2D eigenvalue weighted by atomic mass is 9.52. The topological polar surface area (TPSA) is 12.5 Å². The molecule has 4 rings (SSSR count). The summed E-state index contributed by atoms with van der Waals surface area (Å²) in [5.74, 6) is -5.05. The van der Waals surface area contributed by atoms with Gasteiger partial charge in [-0.2, -0.15) is 0 Å². The van der Waals surface area contributed by atoms with E-state index in [1.165, 1.54) is 0 Å². The minimum Gasteiger partial charge on any atom is -0.497 e. The Morgan fingerprint density at radius 1 is 1.50 bits per heavy atom. The first-order chi connectivity index (χ1) is 17.4. The lowest BCUT2D eigenvalue weighted by Gasteiger charge is -2.58. The predicted octanol–water partition coefficient (Wildman–Crippen LogP) is 3.38. The Labute approximate surface area is 150 Å². The number of rotatable bonds is 1. The number of ether oxygens (including phenoxy) is 1. The average Bonchev–Trinajstić information content (AvgIpc) is 2.78. The van der Waals surface area contributed by atoms with Crippen molar-refractivity contribution in [3.05, 3.63) is 29.3 Å². The first-order valence-electron chi connectivity index (χ1n) is 16.0. The maximum Gasteiger partial charge on any atom is 0.119 e. The molecule has 108 valence electrons. The molecular formula is C18H25NO. The number of likely N-dealkylation sites (tertiary alicyclic amines) is 1. The molecule has 0 unspecified atom stereocenters. The number of fused-ring (bicyclic) bond motifs is 1. The van der Waals surface area contributed by atoms with Crippen LogP contribution in [0, 0.1) is 5.89 Å². The highest BCUT2D eigenvalue weighted by Gasteiger charge is 2.53. The number of likely N-dealkylation sites (N-methyl/N-ethyl adjacent to an activating group) is 1. The van der Waals surface area contributed by atoms with Crippen LogP contribution in [0.2, 0.25) is 0 Å². The molecule has 0 N–H and O–H groups in total. The van der Waals surface area contributed by atoms with Crippen molar-refractivity contribution in [1.29, 1.82) is 0 Å². The van der Waals surface area contributed by atoms with Crippen molar-refractivity contribution in [1.82, 2.24) is 4.90 Å². The highest BCUT2D eigenvalue weighted by atomic mass is 16.5. The van der Waals surface area contributed by atoms with Crippen molar-refractivity contribution in [3.63, 3.8) is 0 Å². The quantitative estimate of drug-likeness (QED) is 0.786. The molecule has 0 amide bonds. The van der Waals surface area contributed by atoms with Crippen molar-refractivity contribution >= 4 is 0 Å². The lowest BCUT2D eigenvalue weighted by Crippen LogP contribution is -2.59. The van der Waals surface area contributed by atoms with Crippen LogP contribution in [-0.2, 0) is 11.8 Å². The predicted molar refractivity (Wildman–Crippen MR) is 81.4 cm³/mol. The van der Waals surface area contributed by atoms with Gasteiger partial charge in [-0.15, -0.1) is 0 Å². The minimum absolute atomic E-state index is 0.276. The Hall–Kier alpha value is -1.02. The van der Waals surface area contributed by atoms with E-state index in [0.717, 1.165) is 7.05 Å². The van der Waals surface area contributed by atoms with E-state index in [0.29, 0.717) is 0 Å². The molecular weight excluding hydrogens is 246 g/mol. The molecule has 2 aliphatic carbocycles. The third kappa shape index (κ3) is 1.60. The summed E-state index contributed by atoms with van der Waals surface area (Å²) < 4.78 is 176. The van der Waals surface area contributed by atoms with Crippen molar-refractivity contribution in [3.8, 4) is 5.75 Å². The van der Waals surface area contributed by atoms with Crippen LogP contribution in [0.3, 0.4) is 0 Å². The van der Waals surface area contributed by atoms with Crippen molar-refractivity contribution in [2.24, 2.45) is 5.89 Å². The van der Waals surface area contributed by atoms with E-state index >= 15 is 0 Å². The van der Waals surface area contributed by atoms with E-state index in [-0.39, 0.29) is 4.90 Å². The molecule has 1 saturated carbocycles. The van der Waals surface area contributed by atoms with Crippen molar-refractivity contribution in [2.75, 3.05) is 20.6 Å². The first kappa shape index (κ1) is 3.48. The van der Waals surface area contributed by atoms with E-state index in [2.05, 4.69) is 0 Å². The second-order valence-electron chi connectivity index (χ2n) is 4.70. The SMILES string of the molecule is [2H]c1c([2H])c(OC([2H])([2H])[2H])c([2H])c2c1C[C@]1([2H])N(C)C([2H])([2H])C([2H])([2H])[C@]23C([2H])([2H])C([2H])([2H])C([2H])([2H])C([2H])([2H])[C@@]31[2H]. The fourth-order valence-electron chi connectivity index (χ4n) is 2.70. The molecule has 2 nitrogen and oxygen atoms in total. The van der Waals surface area contributed by atoms with Crippen LogP contribution in [0.4, 0.5) is 0 Å². The van der Waals surface area contributed by atoms with E-state index in [4.69, 9.17) is 29.4 Å². The van der Waals surface area contributed by atoms with Gasteiger partial charge >= 0.3 is 0 Å². The number of methoxy groups -OCH3 is 1. The molecule has 3 aliphatic rings. The minimum atomic E-state index is -4.15. The Morgan fingerprint density at radius 3 is 3.35 bits per heavy atom. The molecule has 1 aromatic rings. The van der Waals surface area contributed by atoms with Crippen LogP contribution >= 0.6 is 0 Å². The molecule has 3 atom stereocenters. The first-order valence-corrected chi connectivity index (χ1v) is 6.01. The fraction of sp³-hybridized carbons (Fsp3) is 0.667. The Bertz CT molecular complexity index is 1300. The summed E-state index contributed by atoms with van der Waals surface area (Å²) in [7, 11) is -2.60. The van der Waals surface area contributed by atoms with Crippen LogP contribution in [0.15, 0.2) is 18.1 Å². The Kier molecular flexibility index (Phi) is 0.782. The second-order valence-corrected chi connectivity index (χ2v) is 4.70. The Morgan fingerprint density at radius 2 is 2.45 bits per heavy atom. The van der Waals surface area contributed by atoms with Gasteiger partial charge in [-0.05, 0) is 68.2 Å². The molecule has 1 saturated heterocycles. The van der Waals surface area contributed by atoms with Gasteiger partial charge in [0.1, 0.15) is 5.75 Å². The van der Waals surface area contributed by atoms with Gasteiger partial charge in [-0.3, -0.25) is 0 Å². The Balaban J connectivity index is 2.45. The summed E-state index contributed by atoms with van der Waals surface area (Å²) in [6.45, 7) is -3.51. The standard InChI is InChI=1S/C18H25NO/c1-19-10-9-18-8-4-3-5-15(18)17(19)11-13-6-7-14(20-2)12-16(13)18/h6-7,12,15,17H,3-5,8-11H2,1-2H3/t15-,17+,18+/m1/s1/i2D3,3D2,4D2,5D2,6D,7D,8D2,9D2,10D2,12D,15D,17D. The van der Waals surface area contributed by atoms with Crippen molar-refractivity contribution in [2.45, 2.75) is 49.7 Å². The third-order valence-corrected chi connectivity index (χ3v) is 3.67. The van der Waals surface area contributed by atoms with Gasteiger partial charge in [0, 0.05) is 30.6 Å². The molecule has 2 heteroatoms. The van der Waals surface area contributed by atoms with Gasteiger partial charge in [0.15, 0.2) is 0 Å². The summed E-state index contributed by atoms with van der Waals surface area (Å²) in [4.78, 5) is 0.276. The van der Waals surface area contributed by atoms with Crippen LogP contribution in [0.1, 0.15) is 70.4 Å². The van der Waals surface area contributed by atoms with Crippen LogP contribution in [0.5, 0.6) is 5.75 Å². The number of hydrogen-bond acceptors (Lipinski definition) is 2. The number of benzene rings is 1.